The quantitative estimate of drug-likeness (QED) is 0.866. The average molecular weight is 280 g/mol. The first kappa shape index (κ1) is 12.9. The molecule has 19 heavy (non-hydrogen) atoms. The molecule has 5 heteroatoms. The summed E-state index contributed by atoms with van der Waals surface area (Å²) in [6.45, 7) is 1.54. The number of halogens is 1. The van der Waals surface area contributed by atoms with Crippen molar-refractivity contribution >= 4 is 23.2 Å². The van der Waals surface area contributed by atoms with Gasteiger partial charge in [0, 0.05) is 5.54 Å². The third-order valence-corrected chi connectivity index (χ3v) is 4.39. The lowest BCUT2D eigenvalue weighted by atomic mass is 10.00. The van der Waals surface area contributed by atoms with Crippen LogP contribution in [0.15, 0.2) is 18.3 Å². The lowest BCUT2D eigenvalue weighted by molar-refractivity contribution is -0.118. The summed E-state index contributed by atoms with van der Waals surface area (Å²) < 4.78 is 0. The molecular weight excluding hydrogens is 262 g/mol. The van der Waals surface area contributed by atoms with E-state index in [1.165, 1.54) is 32.1 Å². The largest absolute Gasteiger partial charge is 0.324 e. The number of carbonyl (C=O) groups is 1. The van der Waals surface area contributed by atoms with E-state index < -0.39 is 0 Å². The Balaban J connectivity index is 1.57. The molecule has 4 nitrogen and oxygen atoms in total. The summed E-state index contributed by atoms with van der Waals surface area (Å²) >= 11 is 5.72. The lowest BCUT2D eigenvalue weighted by Crippen LogP contribution is -2.45. The first-order valence-electron chi connectivity index (χ1n) is 6.84. The van der Waals surface area contributed by atoms with E-state index in [1.54, 1.807) is 18.3 Å². The Bertz CT molecular complexity index is 470. The van der Waals surface area contributed by atoms with Crippen LogP contribution < -0.4 is 5.32 Å². The Kier molecular flexibility index (Phi) is 3.46. The summed E-state index contributed by atoms with van der Waals surface area (Å²) in [5.74, 6) is 0.0392. The Hall–Kier alpha value is -1.13. The molecule has 0 atom stereocenters. The van der Waals surface area contributed by atoms with Crippen LogP contribution in [-0.2, 0) is 4.79 Å². The second-order valence-electron chi connectivity index (χ2n) is 5.52. The second-order valence-corrected chi connectivity index (χ2v) is 5.91. The molecule has 1 aliphatic carbocycles. The molecule has 3 rings (SSSR count). The van der Waals surface area contributed by atoms with E-state index in [0.717, 1.165) is 6.54 Å². The summed E-state index contributed by atoms with van der Waals surface area (Å²) in [7, 11) is 0. The van der Waals surface area contributed by atoms with Crippen molar-refractivity contribution in [3.05, 3.63) is 23.5 Å². The molecule has 102 valence electrons. The summed E-state index contributed by atoms with van der Waals surface area (Å²) in [6.07, 6.45) is 7.86. The van der Waals surface area contributed by atoms with Gasteiger partial charge in [-0.05, 0) is 44.4 Å². The maximum atomic E-state index is 12.1. The van der Waals surface area contributed by atoms with Crippen LogP contribution in [0.4, 0.5) is 5.69 Å². The number of hydrogen-bond donors (Lipinski definition) is 1. The number of piperidine rings is 1. The number of nitrogens with zero attached hydrogens (tertiary/aromatic N) is 2. The van der Waals surface area contributed by atoms with Crippen LogP contribution in [0.3, 0.4) is 0 Å². The average Bonchev–Trinajstić information content (AvgIpc) is 3.16. The summed E-state index contributed by atoms with van der Waals surface area (Å²) in [5.41, 5.74) is 1.06. The van der Waals surface area contributed by atoms with E-state index in [2.05, 4.69) is 15.2 Å². The maximum Gasteiger partial charge on any atom is 0.238 e. The van der Waals surface area contributed by atoms with Gasteiger partial charge in [0.25, 0.3) is 0 Å². The summed E-state index contributed by atoms with van der Waals surface area (Å²) in [4.78, 5) is 18.4. The zero-order chi connectivity index (χ0) is 13.3. The molecule has 2 heterocycles. The van der Waals surface area contributed by atoms with Gasteiger partial charge < -0.3 is 5.32 Å². The number of aromatic nitrogens is 1. The van der Waals surface area contributed by atoms with Crippen molar-refractivity contribution in [3.8, 4) is 0 Å². The molecule has 0 radical (unpaired) electrons. The molecule has 1 spiro atoms. The Labute approximate surface area is 118 Å². The van der Waals surface area contributed by atoms with Gasteiger partial charge in [0.05, 0.1) is 18.4 Å². The number of anilines is 1. The Morgan fingerprint density at radius 3 is 2.89 bits per heavy atom. The van der Waals surface area contributed by atoms with Crippen molar-refractivity contribution in [2.45, 2.75) is 37.6 Å². The Morgan fingerprint density at radius 2 is 2.21 bits per heavy atom. The van der Waals surface area contributed by atoms with E-state index in [4.69, 9.17) is 11.6 Å². The number of likely N-dealkylation sites (tertiary alicyclic amines) is 1. The van der Waals surface area contributed by atoms with Crippen LogP contribution in [0, 0.1) is 0 Å². The van der Waals surface area contributed by atoms with Crippen LogP contribution in [0.2, 0.25) is 5.15 Å². The number of rotatable bonds is 3. The topological polar surface area (TPSA) is 45.2 Å². The SMILES string of the molecule is O=C(CN1CCCCC12CC2)Nc1ccc(Cl)nc1. The molecule has 0 unspecified atom stereocenters. The van der Waals surface area contributed by atoms with Gasteiger partial charge in [-0.2, -0.15) is 0 Å². The molecule has 1 saturated carbocycles. The number of nitrogens with one attached hydrogen (secondary N) is 1. The number of carbonyl (C=O) groups excluding carboxylic acids is 1. The molecule has 1 saturated heterocycles. The van der Waals surface area contributed by atoms with E-state index in [9.17, 15) is 4.79 Å². The molecule has 2 aliphatic rings. The van der Waals surface area contributed by atoms with Gasteiger partial charge in [0.1, 0.15) is 5.15 Å². The van der Waals surface area contributed by atoms with Gasteiger partial charge >= 0.3 is 0 Å². The second kappa shape index (κ2) is 5.10. The molecule has 1 aromatic rings. The molecular formula is C14H18ClN3O. The molecule has 1 aliphatic heterocycles. The van der Waals surface area contributed by atoms with Crippen LogP contribution in [0.25, 0.3) is 0 Å². The maximum absolute atomic E-state index is 12.1. The van der Waals surface area contributed by atoms with Gasteiger partial charge in [0.15, 0.2) is 0 Å². The normalized spacial score (nSPS) is 21.3. The smallest absolute Gasteiger partial charge is 0.238 e. The predicted molar refractivity (Wildman–Crippen MR) is 75.3 cm³/mol. The third kappa shape index (κ3) is 2.90. The lowest BCUT2D eigenvalue weighted by Gasteiger charge is -2.35. The minimum absolute atomic E-state index is 0.0392. The van der Waals surface area contributed by atoms with Gasteiger partial charge in [-0.25, -0.2) is 4.98 Å². The molecule has 0 aromatic carbocycles. The van der Waals surface area contributed by atoms with Gasteiger partial charge in [-0.1, -0.05) is 18.0 Å². The first-order chi connectivity index (χ1) is 9.18. The first-order valence-corrected chi connectivity index (χ1v) is 7.22. The standard InChI is InChI=1S/C14H18ClN3O/c15-12-4-3-11(9-16-12)17-13(19)10-18-8-2-1-5-14(18)6-7-14/h3-4,9H,1-2,5-8,10H2,(H,17,19). The van der Waals surface area contributed by atoms with E-state index >= 15 is 0 Å². The van der Waals surface area contributed by atoms with Crippen molar-refractivity contribution in [2.75, 3.05) is 18.4 Å². The molecule has 0 bridgehead atoms. The van der Waals surface area contributed by atoms with Gasteiger partial charge in [0.2, 0.25) is 5.91 Å². The van der Waals surface area contributed by atoms with E-state index in [1.807, 2.05) is 0 Å². The molecule has 1 amide bonds. The fraction of sp³-hybridized carbons (Fsp3) is 0.571. The number of amides is 1. The minimum Gasteiger partial charge on any atom is -0.324 e. The fourth-order valence-electron chi connectivity index (χ4n) is 2.93. The number of hydrogen-bond acceptors (Lipinski definition) is 3. The van der Waals surface area contributed by atoms with Crippen molar-refractivity contribution < 1.29 is 4.79 Å². The van der Waals surface area contributed by atoms with Crippen LogP contribution in [0.1, 0.15) is 32.1 Å². The van der Waals surface area contributed by atoms with E-state index in [0.29, 0.717) is 22.9 Å². The van der Waals surface area contributed by atoms with Crippen molar-refractivity contribution in [1.82, 2.24) is 9.88 Å². The summed E-state index contributed by atoms with van der Waals surface area (Å²) in [5, 5.41) is 3.32. The van der Waals surface area contributed by atoms with Crippen molar-refractivity contribution in [3.63, 3.8) is 0 Å². The van der Waals surface area contributed by atoms with Crippen LogP contribution in [0.5, 0.6) is 0 Å². The highest BCUT2D eigenvalue weighted by Gasteiger charge is 2.48. The predicted octanol–water partition coefficient (Wildman–Crippen LogP) is 2.69. The number of pyridine rings is 1. The fourth-order valence-corrected chi connectivity index (χ4v) is 3.04. The van der Waals surface area contributed by atoms with E-state index in [-0.39, 0.29) is 5.91 Å². The zero-order valence-electron chi connectivity index (χ0n) is 10.9. The zero-order valence-corrected chi connectivity index (χ0v) is 11.6. The Morgan fingerprint density at radius 1 is 1.37 bits per heavy atom. The highest BCUT2D eigenvalue weighted by atomic mass is 35.5. The highest BCUT2D eigenvalue weighted by molar-refractivity contribution is 6.29. The van der Waals surface area contributed by atoms with Gasteiger partial charge in [-0.15, -0.1) is 0 Å². The van der Waals surface area contributed by atoms with Crippen LogP contribution >= 0.6 is 11.6 Å². The third-order valence-electron chi connectivity index (χ3n) is 4.16. The molecule has 2 fully saturated rings. The summed E-state index contributed by atoms with van der Waals surface area (Å²) in [6, 6.07) is 3.46. The van der Waals surface area contributed by atoms with Crippen LogP contribution in [-0.4, -0.2) is 34.4 Å². The monoisotopic (exact) mass is 279 g/mol. The molecule has 1 N–H and O–H groups in total. The van der Waals surface area contributed by atoms with Gasteiger partial charge in [-0.3, -0.25) is 9.69 Å². The minimum atomic E-state index is 0.0392. The van der Waals surface area contributed by atoms with Crippen molar-refractivity contribution in [1.29, 1.82) is 0 Å². The molecule has 1 aromatic heterocycles. The van der Waals surface area contributed by atoms with Crippen molar-refractivity contribution in [2.24, 2.45) is 0 Å². The highest BCUT2D eigenvalue weighted by Crippen LogP contribution is 2.48.